The Morgan fingerprint density at radius 1 is 1.35 bits per heavy atom. The highest BCUT2D eigenvalue weighted by Crippen LogP contribution is 2.27. The van der Waals surface area contributed by atoms with E-state index < -0.39 is 0 Å². The lowest BCUT2D eigenvalue weighted by Gasteiger charge is -2.31. The van der Waals surface area contributed by atoms with Crippen molar-refractivity contribution in [1.29, 1.82) is 0 Å². The molecule has 0 spiro atoms. The standard InChI is InChI=1S/C20H24N4O2/c1-13-5-6-16-17(8-13)23-20(22-16)14-4-3-7-24(11-14)12-15-9-18(25)19(26-2)10-21-15/h5-6,8-10,14H,3-4,7,11-12H2,1-2H3,(H,21,25)(H,22,23)/t14-/m0/s1. The Hall–Kier alpha value is -2.60. The number of aromatic amines is 2. The number of aryl methyl sites for hydroxylation is 1. The van der Waals surface area contributed by atoms with E-state index in [1.54, 1.807) is 12.3 Å². The lowest BCUT2D eigenvalue weighted by atomic mass is 9.97. The monoisotopic (exact) mass is 352 g/mol. The first kappa shape index (κ1) is 16.8. The number of piperidine rings is 1. The molecule has 0 amide bonds. The largest absolute Gasteiger partial charge is 0.491 e. The van der Waals surface area contributed by atoms with Crippen LogP contribution in [-0.2, 0) is 6.54 Å². The minimum absolute atomic E-state index is 0.0811. The third-order valence-electron chi connectivity index (χ3n) is 5.10. The number of ether oxygens (including phenoxy) is 1. The third-order valence-corrected chi connectivity index (χ3v) is 5.10. The van der Waals surface area contributed by atoms with Crippen LogP contribution in [0.3, 0.4) is 0 Å². The Morgan fingerprint density at radius 2 is 2.23 bits per heavy atom. The molecular formula is C20H24N4O2. The summed E-state index contributed by atoms with van der Waals surface area (Å²) in [5, 5.41) is 0. The maximum atomic E-state index is 11.9. The van der Waals surface area contributed by atoms with E-state index in [0.717, 1.165) is 55.0 Å². The normalized spacial score (nSPS) is 18.3. The van der Waals surface area contributed by atoms with Crippen molar-refractivity contribution < 1.29 is 4.74 Å². The maximum Gasteiger partial charge on any atom is 0.223 e. The van der Waals surface area contributed by atoms with Gasteiger partial charge in [-0.1, -0.05) is 6.07 Å². The van der Waals surface area contributed by atoms with Gasteiger partial charge in [-0.15, -0.1) is 0 Å². The van der Waals surface area contributed by atoms with Crippen LogP contribution >= 0.6 is 0 Å². The Balaban J connectivity index is 1.49. The van der Waals surface area contributed by atoms with Gasteiger partial charge in [0.1, 0.15) is 5.82 Å². The van der Waals surface area contributed by atoms with Gasteiger partial charge in [-0.2, -0.15) is 0 Å². The van der Waals surface area contributed by atoms with Gasteiger partial charge in [-0.05, 0) is 44.0 Å². The first-order chi connectivity index (χ1) is 12.6. The molecule has 3 heterocycles. The molecular weight excluding hydrogens is 328 g/mol. The topological polar surface area (TPSA) is 74.0 Å². The molecule has 2 aromatic heterocycles. The molecule has 1 fully saturated rings. The molecule has 6 nitrogen and oxygen atoms in total. The Kier molecular flexibility index (Phi) is 4.51. The minimum atomic E-state index is -0.0811. The number of H-pyrrole nitrogens is 2. The van der Waals surface area contributed by atoms with Gasteiger partial charge >= 0.3 is 0 Å². The summed E-state index contributed by atoms with van der Waals surface area (Å²) in [4.78, 5) is 25.8. The molecule has 2 N–H and O–H groups in total. The van der Waals surface area contributed by atoms with Gasteiger partial charge in [0, 0.05) is 37.0 Å². The number of hydrogen-bond acceptors (Lipinski definition) is 4. The van der Waals surface area contributed by atoms with E-state index in [2.05, 4.69) is 40.0 Å². The zero-order valence-corrected chi connectivity index (χ0v) is 15.2. The van der Waals surface area contributed by atoms with E-state index >= 15 is 0 Å². The smallest absolute Gasteiger partial charge is 0.223 e. The van der Waals surface area contributed by atoms with Crippen LogP contribution in [0.5, 0.6) is 5.75 Å². The van der Waals surface area contributed by atoms with E-state index in [9.17, 15) is 4.79 Å². The Morgan fingerprint density at radius 3 is 3.04 bits per heavy atom. The molecule has 26 heavy (non-hydrogen) atoms. The van der Waals surface area contributed by atoms with E-state index in [1.165, 1.54) is 12.7 Å². The Labute approximate surface area is 152 Å². The lowest BCUT2D eigenvalue weighted by molar-refractivity contribution is 0.195. The molecule has 4 rings (SSSR count). The van der Waals surface area contributed by atoms with Gasteiger partial charge in [-0.3, -0.25) is 9.69 Å². The highest BCUT2D eigenvalue weighted by atomic mass is 16.5. The number of benzene rings is 1. The molecule has 1 aliphatic heterocycles. The fourth-order valence-corrected chi connectivity index (χ4v) is 3.75. The Bertz CT molecular complexity index is 975. The van der Waals surface area contributed by atoms with Crippen LogP contribution in [0.4, 0.5) is 0 Å². The number of likely N-dealkylation sites (tertiary alicyclic amines) is 1. The molecule has 1 atom stereocenters. The number of nitrogens with zero attached hydrogens (tertiary/aromatic N) is 2. The van der Waals surface area contributed by atoms with Crippen molar-refractivity contribution >= 4 is 11.0 Å². The van der Waals surface area contributed by atoms with Crippen LogP contribution in [0.2, 0.25) is 0 Å². The molecule has 0 unspecified atom stereocenters. The van der Waals surface area contributed by atoms with Crippen molar-refractivity contribution in [3.8, 4) is 5.75 Å². The van der Waals surface area contributed by atoms with Crippen molar-refractivity contribution in [2.45, 2.75) is 32.2 Å². The van der Waals surface area contributed by atoms with Crippen LogP contribution in [0, 0.1) is 6.92 Å². The average Bonchev–Trinajstić information content (AvgIpc) is 3.05. The van der Waals surface area contributed by atoms with Gasteiger partial charge < -0.3 is 14.7 Å². The molecule has 0 aliphatic carbocycles. The van der Waals surface area contributed by atoms with E-state index in [1.807, 2.05) is 0 Å². The summed E-state index contributed by atoms with van der Waals surface area (Å²) in [5.41, 5.74) is 4.21. The predicted octanol–water partition coefficient (Wildman–Crippen LogP) is 2.95. The second-order valence-electron chi connectivity index (χ2n) is 7.11. The molecule has 136 valence electrons. The zero-order valence-electron chi connectivity index (χ0n) is 15.2. The number of pyridine rings is 1. The molecule has 0 radical (unpaired) electrons. The van der Waals surface area contributed by atoms with Crippen LogP contribution in [0.1, 0.15) is 35.8 Å². The van der Waals surface area contributed by atoms with Crippen molar-refractivity contribution in [2.75, 3.05) is 20.2 Å². The first-order valence-electron chi connectivity index (χ1n) is 9.06. The van der Waals surface area contributed by atoms with Gasteiger partial charge in [0.25, 0.3) is 0 Å². The van der Waals surface area contributed by atoms with Gasteiger partial charge in [0.2, 0.25) is 5.43 Å². The molecule has 1 saturated heterocycles. The van der Waals surface area contributed by atoms with Crippen molar-refractivity contribution in [2.24, 2.45) is 0 Å². The number of rotatable bonds is 4. The fourth-order valence-electron chi connectivity index (χ4n) is 3.75. The maximum absolute atomic E-state index is 11.9. The molecule has 1 aliphatic rings. The highest BCUT2D eigenvalue weighted by Gasteiger charge is 2.24. The molecule has 3 aromatic rings. The van der Waals surface area contributed by atoms with Crippen LogP contribution in [0.15, 0.2) is 35.3 Å². The first-order valence-corrected chi connectivity index (χ1v) is 9.06. The second-order valence-corrected chi connectivity index (χ2v) is 7.11. The summed E-state index contributed by atoms with van der Waals surface area (Å²) < 4.78 is 5.03. The van der Waals surface area contributed by atoms with Crippen LogP contribution in [0.25, 0.3) is 11.0 Å². The summed E-state index contributed by atoms with van der Waals surface area (Å²) >= 11 is 0. The summed E-state index contributed by atoms with van der Waals surface area (Å²) in [6.45, 7) is 4.80. The summed E-state index contributed by atoms with van der Waals surface area (Å²) in [5.74, 6) is 1.81. The molecule has 0 saturated carbocycles. The number of methoxy groups -OCH3 is 1. The van der Waals surface area contributed by atoms with Crippen LogP contribution in [-0.4, -0.2) is 40.1 Å². The van der Waals surface area contributed by atoms with Gasteiger partial charge in [-0.25, -0.2) is 4.98 Å². The van der Waals surface area contributed by atoms with Gasteiger partial charge in [0.05, 0.1) is 18.1 Å². The number of hydrogen-bond donors (Lipinski definition) is 2. The number of fused-ring (bicyclic) bond motifs is 1. The van der Waals surface area contributed by atoms with Crippen molar-refractivity contribution in [3.05, 3.63) is 57.8 Å². The van der Waals surface area contributed by atoms with Crippen molar-refractivity contribution in [1.82, 2.24) is 19.9 Å². The summed E-state index contributed by atoms with van der Waals surface area (Å²) in [6.07, 6.45) is 3.90. The fraction of sp³-hybridized carbons (Fsp3) is 0.400. The van der Waals surface area contributed by atoms with Gasteiger partial charge in [0.15, 0.2) is 5.75 Å². The van der Waals surface area contributed by atoms with E-state index in [-0.39, 0.29) is 5.43 Å². The molecule has 0 bridgehead atoms. The number of nitrogens with one attached hydrogen (secondary N) is 2. The summed E-state index contributed by atoms with van der Waals surface area (Å²) in [7, 11) is 1.51. The minimum Gasteiger partial charge on any atom is -0.491 e. The zero-order chi connectivity index (χ0) is 18.1. The summed E-state index contributed by atoms with van der Waals surface area (Å²) in [6, 6.07) is 7.95. The molecule has 6 heteroatoms. The number of imidazole rings is 1. The lowest BCUT2D eigenvalue weighted by Crippen LogP contribution is -2.34. The van der Waals surface area contributed by atoms with Crippen LogP contribution < -0.4 is 10.2 Å². The van der Waals surface area contributed by atoms with E-state index in [0.29, 0.717) is 11.7 Å². The van der Waals surface area contributed by atoms with Crippen molar-refractivity contribution in [3.63, 3.8) is 0 Å². The number of aromatic nitrogens is 3. The second kappa shape index (κ2) is 6.96. The highest BCUT2D eigenvalue weighted by molar-refractivity contribution is 5.75. The SMILES string of the molecule is COc1c[nH]c(CN2CCC[C@H](c3nc4ccc(C)cc4[nH]3)C2)cc1=O. The molecule has 1 aromatic carbocycles. The predicted molar refractivity (Wildman–Crippen MR) is 102 cm³/mol. The quantitative estimate of drug-likeness (QED) is 0.757. The van der Waals surface area contributed by atoms with E-state index in [4.69, 9.17) is 9.72 Å². The third kappa shape index (κ3) is 3.37. The average molecular weight is 352 g/mol.